The predicted molar refractivity (Wildman–Crippen MR) is 93.5 cm³/mol. The van der Waals surface area contributed by atoms with Crippen LogP contribution in [-0.4, -0.2) is 15.0 Å². The van der Waals surface area contributed by atoms with Crippen LogP contribution in [0.2, 0.25) is 10.6 Å². The molecule has 22 heavy (non-hydrogen) atoms. The Kier molecular flexibility index (Phi) is 5.00. The van der Waals surface area contributed by atoms with Crippen molar-refractivity contribution in [3.8, 4) is 0 Å². The Morgan fingerprint density at radius 2 is 1.18 bits per heavy atom. The van der Waals surface area contributed by atoms with Crippen molar-refractivity contribution in [1.29, 1.82) is 0 Å². The first-order valence-corrected chi connectivity index (χ1v) is 10.3. The fourth-order valence-corrected chi connectivity index (χ4v) is 6.82. The number of hydrogen-bond donors (Lipinski definition) is 2. The molecule has 116 valence electrons. The zero-order chi connectivity index (χ0) is 14.1. The van der Waals surface area contributed by atoms with Gasteiger partial charge in [-0.25, -0.2) is 0 Å². The molecule has 2 aliphatic heterocycles. The molecule has 0 radical (unpaired) electrons. The van der Waals surface area contributed by atoms with Crippen molar-refractivity contribution in [2.24, 2.45) is 11.8 Å². The van der Waals surface area contributed by atoms with Gasteiger partial charge in [-0.1, -0.05) is 0 Å². The number of piperidine rings is 1. The van der Waals surface area contributed by atoms with Gasteiger partial charge in [0.1, 0.15) is 0 Å². The molecule has 2 aromatic carbocycles. The van der Waals surface area contributed by atoms with Gasteiger partial charge in [-0.3, -0.25) is 0 Å². The molecule has 4 N–H and O–H groups in total. The Morgan fingerprint density at radius 1 is 0.727 bits per heavy atom. The van der Waals surface area contributed by atoms with E-state index < -0.39 is 0 Å². The summed E-state index contributed by atoms with van der Waals surface area (Å²) >= 11 is 0.829. The van der Waals surface area contributed by atoms with Crippen molar-refractivity contribution in [3.63, 3.8) is 0 Å². The van der Waals surface area contributed by atoms with E-state index in [1.54, 1.807) is 0 Å². The van der Waals surface area contributed by atoms with Gasteiger partial charge in [0.05, 0.1) is 0 Å². The number of fused-ring (bicyclic) bond motifs is 2. The van der Waals surface area contributed by atoms with Crippen LogP contribution in [-0.2, 0) is 0 Å². The summed E-state index contributed by atoms with van der Waals surface area (Å²) in [5, 5.41) is 6.88. The number of benzene rings is 2. The van der Waals surface area contributed by atoms with Gasteiger partial charge in [0.25, 0.3) is 0 Å². The van der Waals surface area contributed by atoms with Crippen LogP contribution in [0.15, 0.2) is 60.7 Å². The summed E-state index contributed by atoms with van der Waals surface area (Å²) in [4.78, 5) is 0. The van der Waals surface area contributed by atoms with E-state index in [9.17, 15) is 0 Å². The maximum absolute atomic E-state index is 4.00. The fourth-order valence-electron chi connectivity index (χ4n) is 3.88. The van der Waals surface area contributed by atoms with Crippen molar-refractivity contribution < 1.29 is 0 Å². The van der Waals surface area contributed by atoms with Crippen LogP contribution in [0.25, 0.3) is 0 Å². The van der Waals surface area contributed by atoms with E-state index in [0.717, 1.165) is 26.8 Å². The molecular formula is C19H24N2Se. The van der Waals surface area contributed by atoms with Crippen LogP contribution in [0.5, 0.6) is 0 Å². The summed E-state index contributed by atoms with van der Waals surface area (Å²) in [6.07, 6.45) is 1.40. The second-order valence-electron chi connectivity index (χ2n) is 6.24. The molecule has 2 aliphatic rings. The van der Waals surface area contributed by atoms with Gasteiger partial charge in [0.2, 0.25) is 0 Å². The SMILES string of the molecule is N.c1ccc(C2NC(c3ccccc3)C3C[Se]CC2C3)cc1. The summed E-state index contributed by atoms with van der Waals surface area (Å²) in [6, 6.07) is 23.2. The van der Waals surface area contributed by atoms with Crippen molar-refractivity contribution in [2.45, 2.75) is 29.1 Å². The minimum atomic E-state index is 0. The second-order valence-corrected chi connectivity index (χ2v) is 8.49. The van der Waals surface area contributed by atoms with Crippen LogP contribution in [0.1, 0.15) is 29.6 Å². The van der Waals surface area contributed by atoms with E-state index in [1.165, 1.54) is 28.2 Å². The maximum atomic E-state index is 4.00. The summed E-state index contributed by atoms with van der Waals surface area (Å²) in [6.45, 7) is 0. The predicted octanol–water partition coefficient (Wildman–Crippen LogP) is 4.41. The third-order valence-corrected chi connectivity index (χ3v) is 7.67. The van der Waals surface area contributed by atoms with Crippen molar-refractivity contribution >= 4 is 15.0 Å². The van der Waals surface area contributed by atoms with Crippen LogP contribution < -0.4 is 11.5 Å². The molecular weight excluding hydrogens is 335 g/mol. The Balaban J connectivity index is 0.00000144. The molecule has 2 heterocycles. The third-order valence-electron chi connectivity index (χ3n) is 4.89. The molecule has 0 aromatic heterocycles. The quantitative estimate of drug-likeness (QED) is 0.780. The van der Waals surface area contributed by atoms with Crippen LogP contribution in [0.3, 0.4) is 0 Å². The molecule has 0 saturated carbocycles. The first-order chi connectivity index (χ1) is 10.4. The van der Waals surface area contributed by atoms with E-state index in [0.29, 0.717) is 12.1 Å². The molecule has 4 rings (SSSR count). The van der Waals surface area contributed by atoms with Crippen LogP contribution in [0.4, 0.5) is 0 Å². The average Bonchev–Trinajstić information content (AvgIpc) is 2.57. The second kappa shape index (κ2) is 6.97. The van der Waals surface area contributed by atoms with E-state index in [4.69, 9.17) is 0 Å². The molecule has 2 nitrogen and oxygen atoms in total. The molecule has 3 heteroatoms. The van der Waals surface area contributed by atoms with Crippen molar-refractivity contribution in [3.05, 3.63) is 71.8 Å². The molecule has 0 spiro atoms. The van der Waals surface area contributed by atoms with Crippen molar-refractivity contribution in [2.75, 3.05) is 0 Å². The molecule has 0 amide bonds. The first-order valence-electron chi connectivity index (χ1n) is 7.85. The zero-order valence-corrected chi connectivity index (χ0v) is 14.5. The van der Waals surface area contributed by atoms with Gasteiger partial charge in [0, 0.05) is 0 Å². The summed E-state index contributed by atoms with van der Waals surface area (Å²) < 4.78 is 0. The van der Waals surface area contributed by atoms with Gasteiger partial charge in [-0.2, -0.15) is 0 Å². The Labute approximate surface area is 139 Å². The molecule has 2 fully saturated rings. The number of hydrogen-bond acceptors (Lipinski definition) is 2. The molecule has 4 unspecified atom stereocenters. The average molecular weight is 359 g/mol. The van der Waals surface area contributed by atoms with Crippen LogP contribution in [0, 0.1) is 11.8 Å². The van der Waals surface area contributed by atoms with Crippen molar-refractivity contribution in [1.82, 2.24) is 11.5 Å². The summed E-state index contributed by atoms with van der Waals surface area (Å²) in [5.41, 5.74) is 2.94. The van der Waals surface area contributed by atoms with Gasteiger partial charge in [0.15, 0.2) is 0 Å². The fraction of sp³-hybridized carbons (Fsp3) is 0.368. The number of nitrogens with one attached hydrogen (secondary N) is 1. The Hall–Kier alpha value is -1.12. The first kappa shape index (κ1) is 15.8. The van der Waals surface area contributed by atoms with E-state index in [-0.39, 0.29) is 6.15 Å². The van der Waals surface area contributed by atoms with Crippen LogP contribution >= 0.6 is 0 Å². The van der Waals surface area contributed by atoms with Gasteiger partial charge < -0.3 is 6.15 Å². The Morgan fingerprint density at radius 3 is 1.64 bits per heavy atom. The summed E-state index contributed by atoms with van der Waals surface area (Å²) in [5.74, 6) is 1.68. The molecule has 2 aromatic rings. The van der Waals surface area contributed by atoms with E-state index in [1.807, 2.05) is 0 Å². The Bertz CT molecular complexity index is 535. The molecule has 4 atom stereocenters. The molecule has 2 saturated heterocycles. The standard InChI is InChI=1S/C19H21NSe.H3N/c1-3-7-14(8-4-1)18-16-11-17(13-21-12-16)19(20-18)15-9-5-2-6-10-15;/h1-10,16-20H,11-13H2;1H3. The van der Waals surface area contributed by atoms with E-state index >= 15 is 0 Å². The van der Waals surface area contributed by atoms with Gasteiger partial charge >= 0.3 is 133 Å². The van der Waals surface area contributed by atoms with E-state index in [2.05, 4.69) is 66.0 Å². The number of rotatable bonds is 2. The van der Waals surface area contributed by atoms with Gasteiger partial charge in [-0.15, -0.1) is 0 Å². The molecule has 2 bridgehead atoms. The van der Waals surface area contributed by atoms with Gasteiger partial charge in [-0.05, 0) is 0 Å². The normalized spacial score (nSPS) is 30.4. The monoisotopic (exact) mass is 360 g/mol. The zero-order valence-electron chi connectivity index (χ0n) is 12.8. The topological polar surface area (TPSA) is 47.0 Å². The third kappa shape index (κ3) is 3.00. The summed E-state index contributed by atoms with van der Waals surface area (Å²) in [7, 11) is 0. The minimum absolute atomic E-state index is 0. The molecule has 0 aliphatic carbocycles.